The number of carbonyl (C=O) groups is 1. The number of hydrogen-bond donors (Lipinski definition) is 1. The number of rotatable bonds is 5. The van der Waals surface area contributed by atoms with Crippen molar-refractivity contribution in [2.24, 2.45) is 0 Å². The molecule has 3 aromatic rings. The summed E-state index contributed by atoms with van der Waals surface area (Å²) in [4.78, 5) is 20.8. The number of anilines is 1. The van der Waals surface area contributed by atoms with Crippen LogP contribution in [0.3, 0.4) is 0 Å². The lowest BCUT2D eigenvalue weighted by Gasteiger charge is -2.34. The van der Waals surface area contributed by atoms with Crippen LogP contribution in [0.4, 0.5) is 5.69 Å². The molecular weight excluding hydrogens is 346 g/mol. The fraction of sp³-hybridized carbons (Fsp3) is 0.333. The molecule has 1 aromatic heterocycles. The summed E-state index contributed by atoms with van der Waals surface area (Å²) in [7, 11) is 0. The zero-order valence-electron chi connectivity index (χ0n) is 16.8. The van der Waals surface area contributed by atoms with Gasteiger partial charge in [-0.25, -0.2) is 4.98 Å². The van der Waals surface area contributed by atoms with E-state index < -0.39 is 0 Å². The van der Waals surface area contributed by atoms with Gasteiger partial charge in [-0.3, -0.25) is 4.79 Å². The van der Waals surface area contributed by atoms with Gasteiger partial charge in [-0.1, -0.05) is 43.3 Å². The number of nitrogens with zero attached hydrogens (tertiary/aromatic N) is 1. The summed E-state index contributed by atoms with van der Waals surface area (Å²) < 4.78 is 0. The molecule has 28 heavy (non-hydrogen) atoms. The largest absolute Gasteiger partial charge is 0.359 e. The average molecular weight is 376 g/mol. The lowest BCUT2D eigenvalue weighted by molar-refractivity contribution is -0.898. The first kappa shape index (κ1) is 18.6. The van der Waals surface area contributed by atoms with E-state index in [0.717, 1.165) is 66.9 Å². The summed E-state index contributed by atoms with van der Waals surface area (Å²) >= 11 is 0. The maximum atomic E-state index is 13.4. The van der Waals surface area contributed by atoms with Crippen molar-refractivity contribution in [3.63, 3.8) is 0 Å². The number of aryl methyl sites for hydroxylation is 1. The van der Waals surface area contributed by atoms with Crippen molar-refractivity contribution in [2.45, 2.75) is 20.3 Å². The van der Waals surface area contributed by atoms with Crippen LogP contribution in [0.2, 0.25) is 0 Å². The van der Waals surface area contributed by atoms with E-state index >= 15 is 0 Å². The maximum Gasteiger partial charge on any atom is 0.212 e. The van der Waals surface area contributed by atoms with E-state index in [1.54, 1.807) is 4.90 Å². The van der Waals surface area contributed by atoms with Gasteiger partial charge in [0.15, 0.2) is 6.20 Å². The third kappa shape index (κ3) is 3.52. The number of fused-ring (bicyclic) bond motifs is 1. The highest BCUT2D eigenvalue weighted by Gasteiger charge is 2.28. The van der Waals surface area contributed by atoms with Crippen molar-refractivity contribution in [2.75, 3.05) is 37.6 Å². The minimum atomic E-state index is 0.0842. The monoisotopic (exact) mass is 375 g/mol. The molecule has 0 bridgehead atoms. The molecule has 2 heterocycles. The number of benzene rings is 2. The summed E-state index contributed by atoms with van der Waals surface area (Å²) in [5, 5.41) is 1.15. The maximum absolute atomic E-state index is 13.4. The smallest absolute Gasteiger partial charge is 0.212 e. The fourth-order valence-corrected chi connectivity index (χ4v) is 4.16. The minimum absolute atomic E-state index is 0.0842. The van der Waals surface area contributed by atoms with Gasteiger partial charge in [0.25, 0.3) is 0 Å². The molecule has 4 heteroatoms. The van der Waals surface area contributed by atoms with E-state index in [2.05, 4.69) is 41.9 Å². The van der Waals surface area contributed by atoms with Gasteiger partial charge in [-0.05, 0) is 25.0 Å². The third-order valence-electron chi connectivity index (χ3n) is 5.94. The Morgan fingerprint density at radius 1 is 1.07 bits per heavy atom. The highest BCUT2D eigenvalue weighted by molar-refractivity contribution is 6.15. The van der Waals surface area contributed by atoms with Crippen molar-refractivity contribution in [3.8, 4) is 0 Å². The molecule has 0 unspecified atom stereocenters. The van der Waals surface area contributed by atoms with Crippen molar-refractivity contribution in [1.29, 1.82) is 0 Å². The van der Waals surface area contributed by atoms with Crippen molar-refractivity contribution < 1.29 is 14.7 Å². The molecule has 1 fully saturated rings. The predicted molar refractivity (Wildman–Crippen MR) is 113 cm³/mol. The van der Waals surface area contributed by atoms with Gasteiger partial charge in [0.2, 0.25) is 11.3 Å². The number of nitrogens with one attached hydrogen (secondary N) is 2. The molecule has 0 aliphatic carbocycles. The second kappa shape index (κ2) is 8.11. The first-order valence-electron chi connectivity index (χ1n) is 10.4. The number of hydrogen-bond acceptors (Lipinski definition) is 2. The zero-order chi connectivity index (χ0) is 19.5. The summed E-state index contributed by atoms with van der Waals surface area (Å²) in [6, 6.07) is 16.2. The quantitative estimate of drug-likeness (QED) is 0.694. The molecule has 0 saturated carbocycles. The molecular formula is C24H29N3O+2. The molecule has 0 spiro atoms. The number of carbonyl (C=O) groups excluding carboxylic acids is 1. The summed E-state index contributed by atoms with van der Waals surface area (Å²) in [5.41, 5.74) is 4.98. The Hall–Kier alpha value is -2.72. The third-order valence-corrected chi connectivity index (χ3v) is 5.94. The zero-order valence-corrected chi connectivity index (χ0v) is 16.8. The number of pyridine rings is 1. The van der Waals surface area contributed by atoms with Gasteiger partial charge in [0.1, 0.15) is 5.56 Å². The summed E-state index contributed by atoms with van der Waals surface area (Å²) in [6.07, 6.45) is 2.89. The molecule has 2 aromatic carbocycles. The van der Waals surface area contributed by atoms with Crippen LogP contribution >= 0.6 is 0 Å². The topological polar surface area (TPSA) is 38.9 Å². The van der Waals surface area contributed by atoms with Crippen LogP contribution in [0.5, 0.6) is 0 Å². The Bertz CT molecular complexity index is 976. The summed E-state index contributed by atoms with van der Waals surface area (Å²) in [5.74, 6) is 0.0842. The van der Waals surface area contributed by atoms with Gasteiger partial charge >= 0.3 is 0 Å². The number of ketones is 1. The highest BCUT2D eigenvalue weighted by Crippen LogP contribution is 2.31. The molecule has 1 saturated heterocycles. The number of quaternary nitrogens is 1. The van der Waals surface area contributed by atoms with E-state index in [0.29, 0.717) is 0 Å². The van der Waals surface area contributed by atoms with Crippen molar-refractivity contribution in [3.05, 3.63) is 71.4 Å². The van der Waals surface area contributed by atoms with Crippen LogP contribution in [0, 0.1) is 0 Å². The van der Waals surface area contributed by atoms with Crippen LogP contribution in [0.1, 0.15) is 35.3 Å². The first-order valence-corrected chi connectivity index (χ1v) is 10.4. The molecule has 0 radical (unpaired) electrons. The Balaban J connectivity index is 1.85. The number of aromatic amines is 1. The van der Waals surface area contributed by atoms with E-state index in [1.807, 2.05) is 36.5 Å². The normalized spacial score (nSPS) is 15.1. The van der Waals surface area contributed by atoms with Crippen LogP contribution < -0.4 is 14.8 Å². The van der Waals surface area contributed by atoms with Gasteiger partial charge in [0.05, 0.1) is 43.8 Å². The predicted octanol–water partition coefficient (Wildman–Crippen LogP) is 2.17. The second-order valence-electron chi connectivity index (χ2n) is 7.57. The Kier molecular flexibility index (Phi) is 5.40. The molecule has 1 aliphatic heterocycles. The molecule has 4 rings (SSSR count). The van der Waals surface area contributed by atoms with Gasteiger partial charge in [-0.15, -0.1) is 0 Å². The van der Waals surface area contributed by atoms with Crippen LogP contribution in [0.15, 0.2) is 54.7 Å². The van der Waals surface area contributed by atoms with Crippen molar-refractivity contribution in [1.82, 2.24) is 0 Å². The Morgan fingerprint density at radius 2 is 1.82 bits per heavy atom. The molecule has 144 valence electrons. The van der Waals surface area contributed by atoms with Gasteiger partial charge in [0, 0.05) is 11.6 Å². The number of likely N-dealkylation sites (N-methyl/N-ethyl adjacent to an activating group) is 1. The Labute approximate surface area is 166 Å². The molecule has 1 aliphatic rings. The molecule has 2 N–H and O–H groups in total. The lowest BCUT2D eigenvalue weighted by atomic mass is 9.98. The fourth-order valence-electron chi connectivity index (χ4n) is 4.16. The summed E-state index contributed by atoms with van der Waals surface area (Å²) in [6.45, 7) is 9.77. The molecule has 4 nitrogen and oxygen atoms in total. The average Bonchev–Trinajstić information content (AvgIpc) is 2.78. The van der Waals surface area contributed by atoms with Crippen LogP contribution in [0.25, 0.3) is 10.9 Å². The van der Waals surface area contributed by atoms with E-state index in [9.17, 15) is 4.79 Å². The van der Waals surface area contributed by atoms with Gasteiger partial charge in [-0.2, -0.15) is 0 Å². The van der Waals surface area contributed by atoms with Crippen LogP contribution in [-0.4, -0.2) is 38.5 Å². The number of piperazine rings is 1. The highest BCUT2D eigenvalue weighted by atomic mass is 16.1. The molecule has 0 amide bonds. The number of H-pyrrole nitrogens is 1. The standard InChI is InChI=1S/C24H27N3O/c1-3-18-10-11-22-20(16-18)23(27-14-12-26(4-2)13-15-27)21(17-25-22)24(28)19-8-6-5-7-9-19/h5-11,16-17H,3-4,12-15H2,1-2H3/p+2. The SMILES string of the molecule is CCc1ccc2[nH+]cc(C(=O)c3ccccc3)c(N3CC[NH+](CC)CC3)c2c1. The first-order chi connectivity index (χ1) is 13.7. The van der Waals surface area contributed by atoms with Crippen LogP contribution in [-0.2, 0) is 6.42 Å². The molecule has 0 atom stereocenters. The van der Waals surface area contributed by atoms with Gasteiger partial charge < -0.3 is 9.80 Å². The number of aromatic nitrogens is 1. The van der Waals surface area contributed by atoms with Crippen molar-refractivity contribution >= 4 is 22.4 Å². The van der Waals surface area contributed by atoms with E-state index in [-0.39, 0.29) is 5.78 Å². The van der Waals surface area contributed by atoms with E-state index in [4.69, 9.17) is 0 Å². The lowest BCUT2D eigenvalue weighted by Crippen LogP contribution is -3.14. The second-order valence-corrected chi connectivity index (χ2v) is 7.57. The Morgan fingerprint density at radius 3 is 2.50 bits per heavy atom. The van der Waals surface area contributed by atoms with E-state index in [1.165, 1.54) is 5.56 Å². The minimum Gasteiger partial charge on any atom is -0.359 e.